The lowest BCUT2D eigenvalue weighted by molar-refractivity contribution is -0.176. The minimum atomic E-state index is -5.01. The van der Waals surface area contributed by atoms with E-state index in [0.29, 0.717) is 10.8 Å². The van der Waals surface area contributed by atoms with Crippen LogP contribution in [0.25, 0.3) is 0 Å². The molecule has 0 aliphatic carbocycles. The van der Waals surface area contributed by atoms with Crippen LogP contribution < -0.4 is 5.32 Å². The standard InChI is InChI=1S/C11H17F3INO3/c1-4-7(5-15)8(9(17)19-6(2)3)16-10(18)11(12,13)14/h6-8H,4-5H2,1-3H3,(H,16,18)/t7-,8+/m1/s1. The van der Waals surface area contributed by atoms with E-state index in [1.807, 2.05) is 22.6 Å². The third-order valence-corrected chi connectivity index (χ3v) is 3.48. The quantitative estimate of drug-likeness (QED) is 0.427. The van der Waals surface area contributed by atoms with Crippen LogP contribution in [0.3, 0.4) is 0 Å². The average molecular weight is 395 g/mol. The van der Waals surface area contributed by atoms with Gasteiger partial charge >= 0.3 is 18.1 Å². The molecular weight excluding hydrogens is 378 g/mol. The maximum Gasteiger partial charge on any atom is 0.471 e. The fourth-order valence-electron chi connectivity index (χ4n) is 1.33. The van der Waals surface area contributed by atoms with Gasteiger partial charge in [0, 0.05) is 4.43 Å². The molecular formula is C11H17F3INO3. The minimum absolute atomic E-state index is 0.404. The molecule has 1 N–H and O–H groups in total. The number of carbonyl (C=O) groups excluding carboxylic acids is 2. The molecule has 0 saturated carbocycles. The molecule has 1 amide bonds. The molecule has 0 aliphatic rings. The predicted molar refractivity (Wildman–Crippen MR) is 71.9 cm³/mol. The lowest BCUT2D eigenvalue weighted by Gasteiger charge is -2.25. The first-order valence-corrected chi connectivity index (χ1v) is 7.30. The molecule has 0 fully saturated rings. The number of rotatable bonds is 6. The molecule has 0 spiro atoms. The third-order valence-electron chi connectivity index (χ3n) is 2.34. The van der Waals surface area contributed by atoms with Crippen molar-refractivity contribution in [2.24, 2.45) is 5.92 Å². The van der Waals surface area contributed by atoms with Crippen LogP contribution in [0.15, 0.2) is 0 Å². The van der Waals surface area contributed by atoms with Gasteiger partial charge in [0.05, 0.1) is 6.10 Å². The lowest BCUT2D eigenvalue weighted by Crippen LogP contribution is -2.51. The van der Waals surface area contributed by atoms with Crippen molar-refractivity contribution in [3.8, 4) is 0 Å². The van der Waals surface area contributed by atoms with Gasteiger partial charge in [-0.25, -0.2) is 4.79 Å². The van der Waals surface area contributed by atoms with Crippen molar-refractivity contribution in [1.82, 2.24) is 5.32 Å². The molecule has 19 heavy (non-hydrogen) atoms. The number of ether oxygens (including phenoxy) is 1. The Bertz CT molecular complexity index is 317. The summed E-state index contributed by atoms with van der Waals surface area (Å²) in [5.41, 5.74) is 0. The van der Waals surface area contributed by atoms with Crippen molar-refractivity contribution < 1.29 is 27.5 Å². The van der Waals surface area contributed by atoms with Crippen LogP contribution in [0.4, 0.5) is 13.2 Å². The Morgan fingerprint density at radius 1 is 1.32 bits per heavy atom. The van der Waals surface area contributed by atoms with Crippen LogP contribution in [0.5, 0.6) is 0 Å². The Morgan fingerprint density at radius 2 is 1.84 bits per heavy atom. The van der Waals surface area contributed by atoms with E-state index in [1.165, 1.54) is 0 Å². The molecule has 0 saturated heterocycles. The van der Waals surface area contributed by atoms with Crippen LogP contribution in [0.1, 0.15) is 27.2 Å². The fourth-order valence-corrected chi connectivity index (χ4v) is 2.46. The monoisotopic (exact) mass is 395 g/mol. The highest BCUT2D eigenvalue weighted by Gasteiger charge is 2.42. The number of carbonyl (C=O) groups is 2. The SMILES string of the molecule is CC[C@H](CI)[C@H](NC(=O)C(F)(F)F)C(=O)OC(C)C. The van der Waals surface area contributed by atoms with Crippen LogP contribution in [0.2, 0.25) is 0 Å². The van der Waals surface area contributed by atoms with Gasteiger partial charge in [-0.05, 0) is 19.8 Å². The molecule has 0 aromatic rings. The Hall–Kier alpha value is -0.540. The highest BCUT2D eigenvalue weighted by molar-refractivity contribution is 14.1. The second-order valence-corrected chi connectivity index (χ2v) is 5.14. The largest absolute Gasteiger partial charge is 0.471 e. The maximum atomic E-state index is 12.2. The highest BCUT2D eigenvalue weighted by atomic mass is 127. The van der Waals surface area contributed by atoms with Gasteiger partial charge in [0.25, 0.3) is 0 Å². The van der Waals surface area contributed by atoms with Crippen molar-refractivity contribution in [1.29, 1.82) is 0 Å². The first-order valence-electron chi connectivity index (χ1n) is 5.77. The van der Waals surface area contributed by atoms with Crippen molar-refractivity contribution in [3.05, 3.63) is 0 Å². The summed E-state index contributed by atoms with van der Waals surface area (Å²) in [5.74, 6) is -3.37. The van der Waals surface area contributed by atoms with Gasteiger partial charge in [0.1, 0.15) is 6.04 Å². The number of nitrogens with one attached hydrogen (secondary N) is 1. The summed E-state index contributed by atoms with van der Waals surface area (Å²) < 4.78 is 42.0. The van der Waals surface area contributed by atoms with E-state index >= 15 is 0 Å². The maximum absolute atomic E-state index is 12.2. The van der Waals surface area contributed by atoms with Crippen LogP contribution in [-0.2, 0) is 14.3 Å². The van der Waals surface area contributed by atoms with Gasteiger partial charge in [-0.1, -0.05) is 35.9 Å². The molecule has 0 aromatic heterocycles. The number of halogens is 4. The second kappa shape index (κ2) is 7.91. The molecule has 0 aliphatic heterocycles. The zero-order valence-corrected chi connectivity index (χ0v) is 13.0. The van der Waals surface area contributed by atoms with Crippen LogP contribution in [-0.4, -0.2) is 34.6 Å². The molecule has 0 rings (SSSR count). The van der Waals surface area contributed by atoms with Crippen LogP contribution in [0, 0.1) is 5.92 Å². The van der Waals surface area contributed by atoms with E-state index in [1.54, 1.807) is 26.1 Å². The summed E-state index contributed by atoms with van der Waals surface area (Å²) in [6.07, 6.45) is -5.01. The second-order valence-electron chi connectivity index (χ2n) is 4.26. The van der Waals surface area contributed by atoms with E-state index in [-0.39, 0.29) is 0 Å². The summed E-state index contributed by atoms with van der Waals surface area (Å²) in [6.45, 7) is 4.91. The average Bonchev–Trinajstić information content (AvgIpc) is 2.26. The molecule has 0 unspecified atom stereocenters. The van der Waals surface area contributed by atoms with Crippen molar-refractivity contribution in [3.63, 3.8) is 0 Å². The third kappa shape index (κ3) is 6.44. The number of alkyl halides is 4. The first-order chi connectivity index (χ1) is 8.63. The zero-order valence-electron chi connectivity index (χ0n) is 10.9. The number of hydrogen-bond acceptors (Lipinski definition) is 3. The summed E-state index contributed by atoms with van der Waals surface area (Å²) in [4.78, 5) is 22.7. The van der Waals surface area contributed by atoms with Crippen molar-refractivity contribution >= 4 is 34.5 Å². The van der Waals surface area contributed by atoms with Gasteiger partial charge in [0.15, 0.2) is 0 Å². The summed E-state index contributed by atoms with van der Waals surface area (Å²) >= 11 is 1.96. The first kappa shape index (κ1) is 18.5. The van der Waals surface area contributed by atoms with Gasteiger partial charge in [0.2, 0.25) is 0 Å². The normalized spacial score (nSPS) is 14.9. The van der Waals surface area contributed by atoms with Gasteiger partial charge in [-0.3, -0.25) is 4.79 Å². The number of amides is 1. The highest BCUT2D eigenvalue weighted by Crippen LogP contribution is 2.19. The molecule has 8 heteroatoms. The van der Waals surface area contributed by atoms with E-state index in [4.69, 9.17) is 4.74 Å². The van der Waals surface area contributed by atoms with Gasteiger partial charge < -0.3 is 10.1 Å². The minimum Gasteiger partial charge on any atom is -0.461 e. The Kier molecular flexibility index (Phi) is 7.68. The van der Waals surface area contributed by atoms with E-state index < -0.39 is 36.1 Å². The number of hydrogen-bond donors (Lipinski definition) is 1. The van der Waals surface area contributed by atoms with Crippen molar-refractivity contribution in [2.75, 3.05) is 4.43 Å². The van der Waals surface area contributed by atoms with E-state index in [0.717, 1.165) is 0 Å². The van der Waals surface area contributed by atoms with Gasteiger partial charge in [-0.2, -0.15) is 13.2 Å². The smallest absolute Gasteiger partial charge is 0.461 e. The molecule has 0 aromatic carbocycles. The van der Waals surface area contributed by atoms with Gasteiger partial charge in [-0.15, -0.1) is 0 Å². The molecule has 0 bridgehead atoms. The Morgan fingerprint density at radius 3 is 2.16 bits per heavy atom. The zero-order chi connectivity index (χ0) is 15.2. The molecule has 0 radical (unpaired) electrons. The summed E-state index contributed by atoms with van der Waals surface area (Å²) in [6, 6.07) is -1.28. The van der Waals surface area contributed by atoms with Crippen LogP contribution >= 0.6 is 22.6 Å². The Labute approximate surface area is 123 Å². The van der Waals surface area contributed by atoms with E-state index in [2.05, 4.69) is 0 Å². The lowest BCUT2D eigenvalue weighted by atomic mass is 9.99. The summed E-state index contributed by atoms with van der Waals surface area (Å²) in [7, 11) is 0. The van der Waals surface area contributed by atoms with Crippen molar-refractivity contribution in [2.45, 2.75) is 45.5 Å². The van der Waals surface area contributed by atoms with E-state index in [9.17, 15) is 22.8 Å². The summed E-state index contributed by atoms with van der Waals surface area (Å²) in [5, 5.41) is 1.72. The molecule has 2 atom stereocenters. The number of esters is 1. The molecule has 4 nitrogen and oxygen atoms in total. The predicted octanol–water partition coefficient (Wildman–Crippen LogP) is 2.45. The molecule has 0 heterocycles. The fraction of sp³-hybridized carbons (Fsp3) is 0.818. The Balaban J connectivity index is 4.97. The topological polar surface area (TPSA) is 55.4 Å². The molecule has 112 valence electrons.